The van der Waals surface area contributed by atoms with Crippen molar-refractivity contribution in [1.82, 2.24) is 0 Å². The molecule has 0 aliphatic carbocycles. The predicted octanol–water partition coefficient (Wildman–Crippen LogP) is 4.50. The van der Waals surface area contributed by atoms with Gasteiger partial charge in [-0.3, -0.25) is 0 Å². The van der Waals surface area contributed by atoms with Gasteiger partial charge in [0.15, 0.2) is 0 Å². The van der Waals surface area contributed by atoms with Gasteiger partial charge in [-0.1, -0.05) is 43.7 Å². The summed E-state index contributed by atoms with van der Waals surface area (Å²) in [6.45, 7) is 12.5. The van der Waals surface area contributed by atoms with Crippen molar-refractivity contribution in [3.05, 3.63) is 36.5 Å². The highest BCUT2D eigenvalue weighted by Gasteiger charge is 2.16. The first-order valence-corrected chi connectivity index (χ1v) is 4.94. The van der Waals surface area contributed by atoms with Crippen LogP contribution in [-0.2, 0) is 0 Å². The van der Waals surface area contributed by atoms with E-state index in [0.717, 1.165) is 12.8 Å². The molecule has 0 saturated carbocycles. The van der Waals surface area contributed by atoms with Crippen molar-refractivity contribution in [2.75, 3.05) is 0 Å². The molecule has 0 aromatic carbocycles. The van der Waals surface area contributed by atoms with Crippen LogP contribution in [0.3, 0.4) is 0 Å². The third kappa shape index (κ3) is 4.72. The summed E-state index contributed by atoms with van der Waals surface area (Å²) >= 11 is 0. The summed E-state index contributed by atoms with van der Waals surface area (Å²) in [7, 11) is 0. The Morgan fingerprint density at radius 3 is 2.38 bits per heavy atom. The summed E-state index contributed by atoms with van der Waals surface area (Å²) in [5.74, 6) is 0. The summed E-state index contributed by atoms with van der Waals surface area (Å²) in [6.07, 6.45) is 10.6. The van der Waals surface area contributed by atoms with Gasteiger partial charge in [-0.05, 0) is 32.1 Å². The third-order valence-electron chi connectivity index (χ3n) is 2.60. The number of hydrogen-bond donors (Lipinski definition) is 0. The summed E-state index contributed by atoms with van der Waals surface area (Å²) in [6, 6.07) is 0. The summed E-state index contributed by atoms with van der Waals surface area (Å²) < 4.78 is 0. The molecule has 0 spiro atoms. The molecule has 0 saturated heterocycles. The van der Waals surface area contributed by atoms with Gasteiger partial charge in [0.25, 0.3) is 0 Å². The van der Waals surface area contributed by atoms with E-state index in [-0.39, 0.29) is 0 Å². The van der Waals surface area contributed by atoms with Gasteiger partial charge in [0.1, 0.15) is 0 Å². The average Bonchev–Trinajstić information content (AvgIpc) is 2.11. The second-order valence-corrected chi connectivity index (χ2v) is 4.06. The van der Waals surface area contributed by atoms with Crippen LogP contribution in [0.2, 0.25) is 0 Å². The standard InChI is InChI=1S/C13H22/c1-6-8-9-10-11-13(4,5)12(3)7-2/h6-7,9-10H,1,8,11H2,2-5H3/b10-9+,12-7+. The van der Waals surface area contributed by atoms with Crippen molar-refractivity contribution < 1.29 is 0 Å². The van der Waals surface area contributed by atoms with Gasteiger partial charge >= 0.3 is 0 Å². The zero-order valence-electron chi connectivity index (χ0n) is 9.43. The first-order valence-electron chi connectivity index (χ1n) is 4.94. The molecule has 0 aliphatic heterocycles. The Kier molecular flexibility index (Phi) is 5.45. The summed E-state index contributed by atoms with van der Waals surface area (Å²) in [5.41, 5.74) is 1.75. The van der Waals surface area contributed by atoms with Crippen LogP contribution in [0.5, 0.6) is 0 Å². The van der Waals surface area contributed by atoms with E-state index in [0.29, 0.717) is 5.41 Å². The monoisotopic (exact) mass is 178 g/mol. The Hall–Kier alpha value is -0.780. The molecule has 0 fully saturated rings. The fraction of sp³-hybridized carbons (Fsp3) is 0.538. The first kappa shape index (κ1) is 12.2. The average molecular weight is 178 g/mol. The molecule has 13 heavy (non-hydrogen) atoms. The minimum Gasteiger partial charge on any atom is -0.103 e. The summed E-state index contributed by atoms with van der Waals surface area (Å²) in [4.78, 5) is 0. The molecular formula is C13H22. The molecule has 0 amide bonds. The molecule has 0 aromatic heterocycles. The van der Waals surface area contributed by atoms with Crippen molar-refractivity contribution in [3.8, 4) is 0 Å². The highest BCUT2D eigenvalue weighted by molar-refractivity contribution is 5.10. The maximum Gasteiger partial charge on any atom is -0.0113 e. The van der Waals surface area contributed by atoms with Gasteiger partial charge < -0.3 is 0 Å². The zero-order chi connectivity index (χ0) is 10.3. The fourth-order valence-corrected chi connectivity index (χ4v) is 1.12. The largest absolute Gasteiger partial charge is 0.103 e. The number of hydrogen-bond acceptors (Lipinski definition) is 0. The quantitative estimate of drug-likeness (QED) is 0.544. The second-order valence-electron chi connectivity index (χ2n) is 4.06. The Labute approximate surface area is 83.0 Å². The second kappa shape index (κ2) is 5.80. The Balaban J connectivity index is 4.10. The van der Waals surface area contributed by atoms with E-state index in [4.69, 9.17) is 0 Å². The van der Waals surface area contributed by atoms with Gasteiger partial charge in [-0.2, -0.15) is 0 Å². The smallest absolute Gasteiger partial charge is 0.0113 e. The van der Waals surface area contributed by atoms with Crippen molar-refractivity contribution in [2.45, 2.75) is 40.5 Å². The lowest BCUT2D eigenvalue weighted by molar-refractivity contribution is 0.452. The highest BCUT2D eigenvalue weighted by atomic mass is 14.2. The molecule has 0 atom stereocenters. The van der Waals surface area contributed by atoms with Gasteiger partial charge in [0.2, 0.25) is 0 Å². The van der Waals surface area contributed by atoms with Crippen LogP contribution < -0.4 is 0 Å². The van der Waals surface area contributed by atoms with E-state index in [9.17, 15) is 0 Å². The van der Waals surface area contributed by atoms with Crippen molar-refractivity contribution in [1.29, 1.82) is 0 Å². The molecule has 0 rings (SSSR count). The van der Waals surface area contributed by atoms with Crippen molar-refractivity contribution in [2.24, 2.45) is 5.41 Å². The maximum atomic E-state index is 3.68. The lowest BCUT2D eigenvalue weighted by Gasteiger charge is -2.24. The van der Waals surface area contributed by atoms with E-state index < -0.39 is 0 Å². The van der Waals surface area contributed by atoms with Crippen LogP contribution in [0.15, 0.2) is 36.5 Å². The molecule has 0 bridgehead atoms. The molecule has 0 unspecified atom stereocenters. The fourth-order valence-electron chi connectivity index (χ4n) is 1.12. The van der Waals surface area contributed by atoms with E-state index >= 15 is 0 Å². The Morgan fingerprint density at radius 1 is 1.31 bits per heavy atom. The minimum atomic E-state index is 0.298. The highest BCUT2D eigenvalue weighted by Crippen LogP contribution is 2.30. The van der Waals surface area contributed by atoms with Crippen LogP contribution in [0, 0.1) is 5.41 Å². The zero-order valence-corrected chi connectivity index (χ0v) is 9.43. The van der Waals surface area contributed by atoms with E-state index in [2.05, 4.69) is 52.5 Å². The molecule has 0 nitrogen and oxygen atoms in total. The third-order valence-corrected chi connectivity index (χ3v) is 2.60. The molecule has 0 heteroatoms. The molecule has 0 aliphatic rings. The molecule has 0 radical (unpaired) electrons. The number of rotatable bonds is 5. The molecule has 0 aromatic rings. The van der Waals surface area contributed by atoms with Gasteiger partial charge in [-0.15, -0.1) is 6.58 Å². The van der Waals surface area contributed by atoms with E-state index in [1.165, 1.54) is 5.57 Å². The van der Waals surface area contributed by atoms with Crippen LogP contribution in [0.4, 0.5) is 0 Å². The predicted molar refractivity (Wildman–Crippen MR) is 61.8 cm³/mol. The van der Waals surface area contributed by atoms with E-state index in [1.807, 2.05) is 6.08 Å². The van der Waals surface area contributed by atoms with Crippen LogP contribution in [0.25, 0.3) is 0 Å². The SMILES string of the molecule is C=CC/C=C/CC(C)(C)/C(C)=C/C. The van der Waals surface area contributed by atoms with Crippen LogP contribution in [-0.4, -0.2) is 0 Å². The number of allylic oxidation sites excluding steroid dienone is 5. The van der Waals surface area contributed by atoms with Crippen LogP contribution >= 0.6 is 0 Å². The van der Waals surface area contributed by atoms with Crippen molar-refractivity contribution in [3.63, 3.8) is 0 Å². The lowest BCUT2D eigenvalue weighted by Crippen LogP contribution is -2.11. The normalized spacial score (nSPS) is 13.7. The van der Waals surface area contributed by atoms with Crippen molar-refractivity contribution >= 4 is 0 Å². The van der Waals surface area contributed by atoms with Gasteiger partial charge in [-0.25, -0.2) is 0 Å². The maximum absolute atomic E-state index is 3.68. The lowest BCUT2D eigenvalue weighted by atomic mass is 9.82. The molecule has 0 N–H and O–H groups in total. The molecular weight excluding hydrogens is 156 g/mol. The minimum absolute atomic E-state index is 0.298. The van der Waals surface area contributed by atoms with E-state index in [1.54, 1.807) is 0 Å². The topological polar surface area (TPSA) is 0 Å². The van der Waals surface area contributed by atoms with Gasteiger partial charge in [0, 0.05) is 0 Å². The first-order chi connectivity index (χ1) is 6.04. The Morgan fingerprint density at radius 2 is 1.92 bits per heavy atom. The van der Waals surface area contributed by atoms with Gasteiger partial charge in [0.05, 0.1) is 0 Å². The van der Waals surface area contributed by atoms with Crippen LogP contribution in [0.1, 0.15) is 40.5 Å². The summed E-state index contributed by atoms with van der Waals surface area (Å²) in [5, 5.41) is 0. The Bertz CT molecular complexity index is 204. The molecule has 0 heterocycles. The molecule has 74 valence electrons.